The van der Waals surface area contributed by atoms with Gasteiger partial charge in [0, 0.05) is 34.4 Å². The molecule has 4 rings (SSSR count). The molecule has 0 spiro atoms. The smallest absolute Gasteiger partial charge is 0.150 e. The van der Waals surface area contributed by atoms with Crippen molar-refractivity contribution in [2.45, 2.75) is 81.4 Å². The van der Waals surface area contributed by atoms with E-state index in [9.17, 15) is 20.3 Å². The summed E-state index contributed by atoms with van der Waals surface area (Å²) in [5.41, 5.74) is -2.47. The van der Waals surface area contributed by atoms with Crippen molar-refractivity contribution in [3.8, 4) is 6.07 Å². The molecule has 6 nitrogen and oxygen atoms in total. The van der Waals surface area contributed by atoms with Crippen LogP contribution in [0.3, 0.4) is 0 Å². The predicted octanol–water partition coefficient (Wildman–Crippen LogP) is 6.52. The Bertz CT molecular complexity index is 1490. The van der Waals surface area contributed by atoms with E-state index in [0.717, 1.165) is 6.07 Å². The van der Waals surface area contributed by atoms with Crippen LogP contribution in [0, 0.1) is 29.9 Å². The molecule has 10 heteroatoms. The normalized spacial score (nSPS) is 23.1. The van der Waals surface area contributed by atoms with Gasteiger partial charge in [-0.1, -0.05) is 55.2 Å². The highest BCUT2D eigenvalue weighted by Gasteiger charge is 2.61. The summed E-state index contributed by atoms with van der Waals surface area (Å²) in [5.74, 6) is -1.73. The van der Waals surface area contributed by atoms with Gasteiger partial charge in [-0.3, -0.25) is 4.79 Å². The van der Waals surface area contributed by atoms with Gasteiger partial charge < -0.3 is 19.9 Å². The Morgan fingerprint density at radius 2 is 1.95 bits per heavy atom. The van der Waals surface area contributed by atoms with Gasteiger partial charge in [0.25, 0.3) is 0 Å². The number of nitriles is 1. The van der Waals surface area contributed by atoms with Crippen LogP contribution in [0.25, 0.3) is 0 Å². The molecular formula is C32H34Cl2F2N2O4. The molecule has 3 N–H and O–H groups in total. The maximum atomic E-state index is 15.9. The largest absolute Gasteiger partial charge is 0.466 e. The second kappa shape index (κ2) is 12.8. The molecule has 0 saturated carbocycles. The highest BCUT2D eigenvalue weighted by atomic mass is 35.5. The van der Waals surface area contributed by atoms with E-state index in [0.29, 0.717) is 11.5 Å². The minimum atomic E-state index is -1.77. The summed E-state index contributed by atoms with van der Waals surface area (Å²) in [4.78, 5) is 13.8. The number of halogens is 4. The third-order valence-electron chi connectivity index (χ3n) is 8.27. The van der Waals surface area contributed by atoms with Gasteiger partial charge in [-0.15, -0.1) is 0 Å². The number of hydrogen-bond acceptors (Lipinski definition) is 6. The lowest BCUT2D eigenvalue weighted by molar-refractivity contribution is -0.121. The van der Waals surface area contributed by atoms with E-state index < -0.39 is 53.2 Å². The molecule has 3 aromatic rings. The first-order valence-electron chi connectivity index (χ1n) is 13.8. The number of carbonyl (C=O) groups is 1. The van der Waals surface area contributed by atoms with Gasteiger partial charge in [0.15, 0.2) is 0 Å². The number of hydrogen-bond donors (Lipinski definition) is 3. The maximum absolute atomic E-state index is 15.9. The number of nitrogens with zero attached hydrogens (tertiary/aromatic N) is 1. The molecule has 0 aliphatic carbocycles. The summed E-state index contributed by atoms with van der Waals surface area (Å²) in [6, 6.07) is 12.4. The van der Waals surface area contributed by atoms with Crippen molar-refractivity contribution in [3.05, 3.63) is 92.9 Å². The molecule has 1 saturated heterocycles. The van der Waals surface area contributed by atoms with Crippen molar-refractivity contribution in [2.75, 3.05) is 6.61 Å². The first-order valence-corrected chi connectivity index (χ1v) is 14.6. The van der Waals surface area contributed by atoms with Crippen LogP contribution in [0.5, 0.6) is 0 Å². The fraction of sp³-hybridized carbons (Fsp3) is 0.438. The third-order valence-corrected chi connectivity index (χ3v) is 8.80. The molecule has 0 unspecified atom stereocenters. The number of aliphatic hydroxyl groups excluding tert-OH is 2. The fourth-order valence-electron chi connectivity index (χ4n) is 6.16. The van der Waals surface area contributed by atoms with Crippen molar-refractivity contribution in [1.82, 2.24) is 5.32 Å². The SMILES string of the molecule is Cc1ccc(C(C)(C)C[C@@H]2N[C@@H](C(=O)CCC[C@H](O)CO)[C@H](c3cccc(Cl)c3F)[C@@]2(C#N)c2ccc(Cl)cc2F)o1. The summed E-state index contributed by atoms with van der Waals surface area (Å²) in [6.45, 7) is 5.22. The maximum Gasteiger partial charge on any atom is 0.150 e. The molecule has 2 heterocycles. The summed E-state index contributed by atoms with van der Waals surface area (Å²) >= 11 is 12.3. The summed E-state index contributed by atoms with van der Waals surface area (Å²) in [5, 5.41) is 33.3. The van der Waals surface area contributed by atoms with Crippen molar-refractivity contribution >= 4 is 29.0 Å². The standard InChI is InChI=1S/C32H34Cl2F2N2O4/c1-18-10-13-27(42-18)31(2,3)15-26-32(17-37,22-12-11-19(33)14-24(22)35)28(21-7-5-8-23(34)29(21)36)30(38-26)25(41)9-4-6-20(40)16-39/h5,7-8,10-14,20,26,28,30,38-40H,4,6,9,15-16H2,1-3H3/t20-,26-,28-,30-,32-/m0/s1. The molecule has 2 aromatic carbocycles. The van der Waals surface area contributed by atoms with Gasteiger partial charge in [0.05, 0.1) is 29.8 Å². The highest BCUT2D eigenvalue weighted by molar-refractivity contribution is 6.31. The summed E-state index contributed by atoms with van der Waals surface area (Å²) < 4.78 is 37.6. The molecule has 0 bridgehead atoms. The quantitative estimate of drug-likeness (QED) is 0.226. The molecule has 0 radical (unpaired) electrons. The van der Waals surface area contributed by atoms with Crippen molar-refractivity contribution in [2.24, 2.45) is 0 Å². The minimum Gasteiger partial charge on any atom is -0.466 e. The number of furan rings is 1. The Morgan fingerprint density at radius 1 is 1.21 bits per heavy atom. The van der Waals surface area contributed by atoms with E-state index in [1.54, 1.807) is 0 Å². The Morgan fingerprint density at radius 3 is 2.57 bits per heavy atom. The van der Waals surface area contributed by atoms with Crippen LogP contribution >= 0.6 is 23.2 Å². The second-order valence-corrected chi connectivity index (χ2v) is 12.5. The van der Waals surface area contributed by atoms with E-state index in [-0.39, 0.29) is 52.6 Å². The number of Topliss-reactive ketones (excluding diaryl/α,β-unsaturated/α-hetero) is 1. The van der Waals surface area contributed by atoms with Gasteiger partial charge in [0.1, 0.15) is 34.4 Å². The lowest BCUT2D eigenvalue weighted by atomic mass is 9.62. The van der Waals surface area contributed by atoms with E-state index in [1.807, 2.05) is 32.9 Å². The molecule has 1 aliphatic rings. The first-order chi connectivity index (χ1) is 19.8. The van der Waals surface area contributed by atoms with Crippen molar-refractivity contribution < 1.29 is 28.2 Å². The number of ketones is 1. The van der Waals surface area contributed by atoms with Gasteiger partial charge in [-0.25, -0.2) is 8.78 Å². The van der Waals surface area contributed by atoms with Crippen molar-refractivity contribution in [1.29, 1.82) is 5.26 Å². The number of aliphatic hydroxyl groups is 2. The van der Waals surface area contributed by atoms with E-state index in [4.69, 9.17) is 27.6 Å². The molecule has 1 aliphatic heterocycles. The average molecular weight is 620 g/mol. The Hall–Kier alpha value is -2.80. The number of aryl methyl sites for hydroxylation is 1. The van der Waals surface area contributed by atoms with Gasteiger partial charge in [-0.05, 0) is 62.1 Å². The molecule has 1 aromatic heterocycles. The van der Waals surface area contributed by atoms with Crippen LogP contribution < -0.4 is 5.32 Å². The van der Waals surface area contributed by atoms with Crippen LogP contribution in [0.1, 0.15) is 68.1 Å². The zero-order chi connectivity index (χ0) is 30.8. The predicted molar refractivity (Wildman–Crippen MR) is 157 cm³/mol. The number of nitrogens with one attached hydrogen (secondary N) is 1. The van der Waals surface area contributed by atoms with Crippen LogP contribution in [0.4, 0.5) is 8.78 Å². The zero-order valence-corrected chi connectivity index (χ0v) is 25.1. The molecular weight excluding hydrogens is 585 g/mol. The molecule has 224 valence electrons. The third kappa shape index (κ3) is 6.13. The van der Waals surface area contributed by atoms with E-state index in [1.165, 1.54) is 30.3 Å². The van der Waals surface area contributed by atoms with Crippen molar-refractivity contribution in [3.63, 3.8) is 0 Å². The average Bonchev–Trinajstić information content (AvgIpc) is 3.52. The van der Waals surface area contributed by atoms with Crippen LogP contribution in [-0.4, -0.2) is 40.8 Å². The lowest BCUT2D eigenvalue weighted by Gasteiger charge is -2.38. The Labute approximate surface area is 254 Å². The Kier molecular flexibility index (Phi) is 9.81. The molecule has 5 atom stereocenters. The summed E-state index contributed by atoms with van der Waals surface area (Å²) in [6.07, 6.45) is -0.357. The minimum absolute atomic E-state index is 0.00814. The van der Waals surface area contributed by atoms with E-state index in [2.05, 4.69) is 11.4 Å². The molecule has 1 fully saturated rings. The molecule has 0 amide bonds. The number of carbonyl (C=O) groups excluding carboxylic acids is 1. The lowest BCUT2D eigenvalue weighted by Crippen LogP contribution is -2.46. The number of benzene rings is 2. The van der Waals surface area contributed by atoms with Crippen LogP contribution in [0.2, 0.25) is 10.0 Å². The fourth-order valence-corrected chi connectivity index (χ4v) is 6.50. The van der Waals surface area contributed by atoms with Gasteiger partial charge in [0.2, 0.25) is 0 Å². The van der Waals surface area contributed by atoms with E-state index >= 15 is 8.78 Å². The van der Waals surface area contributed by atoms with Gasteiger partial charge >= 0.3 is 0 Å². The monoisotopic (exact) mass is 618 g/mol. The first kappa shape index (κ1) is 32.1. The number of rotatable bonds is 11. The van der Waals surface area contributed by atoms with Crippen LogP contribution in [0.15, 0.2) is 52.9 Å². The molecule has 42 heavy (non-hydrogen) atoms. The van der Waals surface area contributed by atoms with Crippen LogP contribution in [-0.2, 0) is 15.6 Å². The highest BCUT2D eigenvalue weighted by Crippen LogP contribution is 2.53. The zero-order valence-electron chi connectivity index (χ0n) is 23.6. The van der Waals surface area contributed by atoms with Gasteiger partial charge in [-0.2, -0.15) is 5.26 Å². The second-order valence-electron chi connectivity index (χ2n) is 11.6. The Balaban J connectivity index is 1.92. The summed E-state index contributed by atoms with van der Waals surface area (Å²) in [7, 11) is 0. The topological polar surface area (TPSA) is 106 Å².